The summed E-state index contributed by atoms with van der Waals surface area (Å²) in [5.41, 5.74) is -1.10. The lowest BCUT2D eigenvalue weighted by molar-refractivity contribution is -0.143. The summed E-state index contributed by atoms with van der Waals surface area (Å²) in [6.07, 6.45) is -3.61. The van der Waals surface area contributed by atoms with Gasteiger partial charge < -0.3 is 25.6 Å². The zero-order chi connectivity index (χ0) is 29.3. The van der Waals surface area contributed by atoms with Gasteiger partial charge in [-0.15, -0.1) is 0 Å². The van der Waals surface area contributed by atoms with Gasteiger partial charge in [0.25, 0.3) is 5.78 Å². The largest absolute Gasteiger partial charge is 0.493 e. The third-order valence-electron chi connectivity index (χ3n) is 4.89. The second-order valence-electron chi connectivity index (χ2n) is 7.86. The van der Waals surface area contributed by atoms with Crippen LogP contribution in [0.5, 0.6) is 5.75 Å². The van der Waals surface area contributed by atoms with Crippen molar-refractivity contribution < 1.29 is 46.5 Å². The first-order chi connectivity index (χ1) is 18.3. The molecule has 2 heterocycles. The van der Waals surface area contributed by atoms with E-state index in [0.29, 0.717) is 13.0 Å². The van der Waals surface area contributed by atoms with E-state index < -0.39 is 57.9 Å². The number of aromatic nitrogens is 4. The van der Waals surface area contributed by atoms with Crippen molar-refractivity contribution in [3.63, 3.8) is 0 Å². The van der Waals surface area contributed by atoms with Gasteiger partial charge in [-0.3, -0.25) is 9.59 Å². The molecule has 0 aliphatic carbocycles. The fourth-order valence-corrected chi connectivity index (χ4v) is 3.24. The Labute approximate surface area is 223 Å². The zero-order valence-corrected chi connectivity index (χ0v) is 21.3. The fourth-order valence-electron chi connectivity index (χ4n) is 2.98. The molecule has 11 nitrogen and oxygen atoms in total. The zero-order valence-electron chi connectivity index (χ0n) is 20.5. The molecule has 2 aromatic heterocycles. The summed E-state index contributed by atoms with van der Waals surface area (Å²) in [6, 6.07) is -0.231. The average molecular weight is 583 g/mol. The van der Waals surface area contributed by atoms with Crippen LogP contribution in [0.15, 0.2) is 18.5 Å². The molecule has 1 atom stereocenters. The van der Waals surface area contributed by atoms with Gasteiger partial charge in [-0.05, 0) is 26.9 Å². The lowest BCUT2D eigenvalue weighted by atomic mass is 10.1. The molecule has 0 unspecified atom stereocenters. The summed E-state index contributed by atoms with van der Waals surface area (Å²) in [5.74, 6) is -4.95. The van der Waals surface area contributed by atoms with E-state index in [4.69, 9.17) is 26.6 Å². The normalized spacial score (nSPS) is 12.0. The van der Waals surface area contributed by atoms with Gasteiger partial charge in [0, 0.05) is 12.1 Å². The molecule has 0 saturated carbocycles. The number of ether oxygens (including phenoxy) is 1. The van der Waals surface area contributed by atoms with Crippen LogP contribution in [-0.2, 0) is 9.59 Å². The van der Waals surface area contributed by atoms with Crippen molar-refractivity contribution in [2.75, 3.05) is 25.5 Å². The van der Waals surface area contributed by atoms with Crippen LogP contribution in [-0.4, -0.2) is 74.2 Å². The minimum Gasteiger partial charge on any atom is -0.493 e. The number of rotatable bonds is 11. The molecule has 3 aromatic rings. The van der Waals surface area contributed by atoms with Gasteiger partial charge in [-0.2, -0.15) is 32.8 Å². The Balaban J connectivity index is 0.000000580. The smallest absolute Gasteiger partial charge is 0.408 e. The van der Waals surface area contributed by atoms with E-state index in [1.807, 2.05) is 0 Å². The summed E-state index contributed by atoms with van der Waals surface area (Å²) in [7, 11) is 1.75. The molecule has 17 heteroatoms. The first-order valence-electron chi connectivity index (χ1n) is 11.2. The molecule has 0 saturated heterocycles. The van der Waals surface area contributed by atoms with Crippen molar-refractivity contribution in [2.45, 2.75) is 38.4 Å². The lowest BCUT2D eigenvalue weighted by Crippen LogP contribution is -2.34. The SMILES string of the molecule is CNCCCOc1cc(F)c(-c2c(Cl)nc3ncnn3c2N[C@@H](C)C(F)(F)F)c(F)c1.O=C(O)CCC(=O)O. The number of anilines is 1. The third kappa shape index (κ3) is 8.88. The molecule has 0 amide bonds. The maximum absolute atomic E-state index is 14.9. The number of aliphatic carboxylic acids is 2. The highest BCUT2D eigenvalue weighted by molar-refractivity contribution is 6.33. The van der Waals surface area contributed by atoms with Gasteiger partial charge in [0.1, 0.15) is 40.7 Å². The number of benzene rings is 1. The first kappa shape index (κ1) is 31.4. The Kier molecular flexibility index (Phi) is 11.2. The molecular weight excluding hydrogens is 559 g/mol. The summed E-state index contributed by atoms with van der Waals surface area (Å²) in [6.45, 7) is 1.70. The number of carboxylic acids is 2. The van der Waals surface area contributed by atoms with Crippen LogP contribution >= 0.6 is 11.6 Å². The number of halogens is 6. The summed E-state index contributed by atoms with van der Waals surface area (Å²) >= 11 is 6.11. The van der Waals surface area contributed by atoms with E-state index in [0.717, 1.165) is 29.9 Å². The molecular formula is C22H24ClF5N6O5. The summed E-state index contributed by atoms with van der Waals surface area (Å²) < 4.78 is 75.5. The van der Waals surface area contributed by atoms with Crippen molar-refractivity contribution in [1.82, 2.24) is 24.9 Å². The van der Waals surface area contributed by atoms with E-state index in [9.17, 15) is 31.5 Å². The molecule has 0 aliphatic heterocycles. The van der Waals surface area contributed by atoms with Crippen molar-refractivity contribution in [3.05, 3.63) is 35.2 Å². The standard InChI is InChI=1S/C18H18ClF5N6O.C4H6O4/c1-9(18(22,23)24)28-16-14(15(19)29-17-26-8-27-30(16)17)13-11(20)6-10(7-12(13)21)31-5-3-4-25-2;5-3(6)1-2-4(7)8/h6-9,25,28H,3-5H2,1-2H3;1-2H2,(H,5,6)(H,7,8)/t9-;/m0./s1. The number of nitrogens with zero attached hydrogens (tertiary/aromatic N) is 4. The number of hydrogen-bond donors (Lipinski definition) is 4. The Morgan fingerprint density at radius 2 is 1.72 bits per heavy atom. The van der Waals surface area contributed by atoms with Gasteiger partial charge in [0.2, 0.25) is 0 Å². The van der Waals surface area contributed by atoms with E-state index in [-0.39, 0.29) is 31.0 Å². The van der Waals surface area contributed by atoms with Gasteiger partial charge in [0.05, 0.1) is 30.6 Å². The summed E-state index contributed by atoms with van der Waals surface area (Å²) in [5, 5.41) is 24.2. The van der Waals surface area contributed by atoms with Crippen LogP contribution < -0.4 is 15.4 Å². The second kappa shape index (κ2) is 13.8. The first-order valence-corrected chi connectivity index (χ1v) is 11.6. The quantitative estimate of drug-likeness (QED) is 0.148. The lowest BCUT2D eigenvalue weighted by Gasteiger charge is -2.21. The molecule has 0 spiro atoms. The molecule has 214 valence electrons. The molecule has 39 heavy (non-hydrogen) atoms. The molecule has 0 bridgehead atoms. The predicted molar refractivity (Wildman–Crippen MR) is 129 cm³/mol. The Morgan fingerprint density at radius 3 is 2.23 bits per heavy atom. The van der Waals surface area contributed by atoms with E-state index in [1.165, 1.54) is 0 Å². The van der Waals surface area contributed by atoms with Crippen LogP contribution in [0.2, 0.25) is 5.15 Å². The molecule has 0 fully saturated rings. The van der Waals surface area contributed by atoms with Crippen LogP contribution in [0, 0.1) is 11.6 Å². The molecule has 3 rings (SSSR count). The van der Waals surface area contributed by atoms with Gasteiger partial charge in [-0.1, -0.05) is 11.6 Å². The van der Waals surface area contributed by atoms with Gasteiger partial charge in [0.15, 0.2) is 0 Å². The Hall–Kier alpha value is -3.79. The van der Waals surface area contributed by atoms with Crippen molar-refractivity contribution in [3.8, 4) is 16.9 Å². The highest BCUT2D eigenvalue weighted by Crippen LogP contribution is 2.39. The highest BCUT2D eigenvalue weighted by atomic mass is 35.5. The van der Waals surface area contributed by atoms with E-state index in [1.54, 1.807) is 7.05 Å². The Morgan fingerprint density at radius 1 is 1.13 bits per heavy atom. The summed E-state index contributed by atoms with van der Waals surface area (Å²) in [4.78, 5) is 26.9. The van der Waals surface area contributed by atoms with E-state index in [2.05, 4.69) is 25.7 Å². The van der Waals surface area contributed by atoms with Crippen LogP contribution in [0.25, 0.3) is 16.9 Å². The van der Waals surface area contributed by atoms with Gasteiger partial charge >= 0.3 is 18.1 Å². The average Bonchev–Trinajstić information content (AvgIpc) is 3.29. The number of carboxylic acid groups (broad SMARTS) is 2. The van der Waals surface area contributed by atoms with Crippen molar-refractivity contribution in [2.24, 2.45) is 0 Å². The highest BCUT2D eigenvalue weighted by Gasteiger charge is 2.37. The Bertz CT molecular complexity index is 1270. The maximum Gasteiger partial charge on any atom is 0.408 e. The fraction of sp³-hybridized carbons (Fsp3) is 0.409. The van der Waals surface area contributed by atoms with Crippen molar-refractivity contribution in [1.29, 1.82) is 0 Å². The maximum atomic E-state index is 14.9. The third-order valence-corrected chi connectivity index (χ3v) is 5.16. The van der Waals surface area contributed by atoms with Crippen LogP contribution in [0.4, 0.5) is 27.8 Å². The topological polar surface area (TPSA) is 151 Å². The van der Waals surface area contributed by atoms with Gasteiger partial charge in [-0.25, -0.2) is 8.78 Å². The predicted octanol–water partition coefficient (Wildman–Crippen LogP) is 4.01. The molecule has 4 N–H and O–H groups in total. The number of fused-ring (bicyclic) bond motifs is 1. The minimum absolute atomic E-state index is 0.0704. The number of carbonyl (C=O) groups is 2. The molecule has 1 aromatic carbocycles. The van der Waals surface area contributed by atoms with Crippen LogP contribution in [0.1, 0.15) is 26.2 Å². The second-order valence-corrected chi connectivity index (χ2v) is 8.22. The number of hydrogen-bond acceptors (Lipinski definition) is 8. The minimum atomic E-state index is -4.65. The number of alkyl halides is 3. The number of nitrogens with one attached hydrogen (secondary N) is 2. The van der Waals surface area contributed by atoms with Crippen molar-refractivity contribution >= 4 is 35.1 Å². The molecule has 0 aliphatic rings. The monoisotopic (exact) mass is 582 g/mol. The van der Waals surface area contributed by atoms with E-state index >= 15 is 0 Å². The van der Waals surface area contributed by atoms with Crippen LogP contribution in [0.3, 0.4) is 0 Å². The molecule has 0 radical (unpaired) electrons.